The Labute approximate surface area is 162 Å². The minimum Gasteiger partial charge on any atom is -0.467 e. The Balaban J connectivity index is 2.32. The van der Waals surface area contributed by atoms with Gasteiger partial charge in [-0.2, -0.15) is 0 Å². The lowest BCUT2D eigenvalue weighted by Crippen LogP contribution is -2.69. The van der Waals surface area contributed by atoms with E-state index in [-0.39, 0.29) is 28.6 Å². The summed E-state index contributed by atoms with van der Waals surface area (Å²) in [5.41, 5.74) is 2.50. The van der Waals surface area contributed by atoms with Gasteiger partial charge in [-0.05, 0) is 48.5 Å². The normalized spacial score (nSPS) is 27.8. The number of hydrogen-bond donors (Lipinski definition) is 2. The predicted molar refractivity (Wildman–Crippen MR) is 109 cm³/mol. The maximum absolute atomic E-state index is 12.5. The number of rotatable bonds is 1. The quantitative estimate of drug-likeness (QED) is 0.725. The lowest BCUT2D eigenvalue weighted by atomic mass is 9.73. The van der Waals surface area contributed by atoms with Crippen LogP contribution in [0.25, 0.3) is 0 Å². The van der Waals surface area contributed by atoms with Crippen LogP contribution in [0.15, 0.2) is 12.1 Å². The van der Waals surface area contributed by atoms with Crippen LogP contribution in [-0.4, -0.2) is 16.6 Å². The Kier molecular flexibility index (Phi) is 4.19. The summed E-state index contributed by atoms with van der Waals surface area (Å²) >= 11 is 5.40. The number of thiocarbonyl (C=S) groups is 1. The molecule has 0 aliphatic carbocycles. The van der Waals surface area contributed by atoms with Gasteiger partial charge in [0, 0.05) is 11.1 Å². The monoisotopic (exact) mass is 374 g/mol. The van der Waals surface area contributed by atoms with Crippen LogP contribution in [0.1, 0.15) is 78.1 Å². The first-order chi connectivity index (χ1) is 11.7. The fraction of sp³-hybridized carbons (Fsp3) is 0.619. The highest BCUT2D eigenvalue weighted by Crippen LogP contribution is 2.50. The molecule has 0 aromatic heterocycles. The zero-order chi connectivity index (χ0) is 19.7. The first-order valence-corrected chi connectivity index (χ1v) is 9.62. The summed E-state index contributed by atoms with van der Waals surface area (Å²) in [5, 5.41) is 7.06. The standard InChI is InChI=1S/C21H30N2O2S/c1-11(24)15-16-13-9-12(19(2,3)4)10-14(20(5,6)7)17(13)25-21(15,8)23-18(26)22-16/h9-10,15-16H,1-8H3,(H2,22,23,26). The molecular formula is C21H30N2O2S. The molecule has 0 amide bonds. The van der Waals surface area contributed by atoms with E-state index >= 15 is 0 Å². The second-order valence-corrected chi connectivity index (χ2v) is 10.2. The lowest BCUT2D eigenvalue weighted by Gasteiger charge is -2.51. The van der Waals surface area contributed by atoms with Crippen molar-refractivity contribution in [2.45, 2.75) is 78.0 Å². The molecule has 3 atom stereocenters. The molecule has 3 unspecified atom stereocenters. The molecule has 1 saturated heterocycles. The molecule has 2 N–H and O–H groups in total. The number of ether oxygens (including phenoxy) is 1. The van der Waals surface area contributed by atoms with Crippen molar-refractivity contribution in [1.29, 1.82) is 0 Å². The third kappa shape index (κ3) is 3.00. The molecule has 2 aliphatic heterocycles. The Bertz CT molecular complexity index is 788. The highest BCUT2D eigenvalue weighted by Gasteiger charge is 2.54. The van der Waals surface area contributed by atoms with E-state index in [1.165, 1.54) is 5.56 Å². The Morgan fingerprint density at radius 2 is 1.77 bits per heavy atom. The fourth-order valence-electron chi connectivity index (χ4n) is 4.05. The van der Waals surface area contributed by atoms with Gasteiger partial charge in [0.1, 0.15) is 17.5 Å². The molecule has 5 heteroatoms. The van der Waals surface area contributed by atoms with Crippen LogP contribution in [0.3, 0.4) is 0 Å². The number of fused-ring (bicyclic) bond motifs is 4. The van der Waals surface area contributed by atoms with E-state index in [1.807, 2.05) is 6.92 Å². The van der Waals surface area contributed by atoms with Crippen LogP contribution in [0, 0.1) is 5.92 Å². The highest BCUT2D eigenvalue weighted by molar-refractivity contribution is 7.80. The lowest BCUT2D eigenvalue weighted by molar-refractivity contribution is -0.133. The molecule has 1 aromatic carbocycles. The van der Waals surface area contributed by atoms with Crippen molar-refractivity contribution in [2.75, 3.05) is 0 Å². The molecule has 3 rings (SSSR count). The number of hydrogen-bond acceptors (Lipinski definition) is 3. The van der Waals surface area contributed by atoms with Crippen molar-refractivity contribution >= 4 is 23.1 Å². The summed E-state index contributed by atoms with van der Waals surface area (Å²) in [5.74, 6) is 0.617. The van der Waals surface area contributed by atoms with Crippen molar-refractivity contribution < 1.29 is 9.53 Å². The molecule has 2 heterocycles. The Morgan fingerprint density at radius 3 is 2.27 bits per heavy atom. The zero-order valence-electron chi connectivity index (χ0n) is 17.0. The molecule has 26 heavy (non-hydrogen) atoms. The molecule has 142 valence electrons. The molecule has 1 aromatic rings. The van der Waals surface area contributed by atoms with E-state index in [0.717, 1.165) is 16.9 Å². The van der Waals surface area contributed by atoms with E-state index in [0.29, 0.717) is 5.11 Å². The molecule has 0 spiro atoms. The first kappa shape index (κ1) is 19.2. The van der Waals surface area contributed by atoms with Gasteiger partial charge in [0.15, 0.2) is 10.8 Å². The average Bonchev–Trinajstić information content (AvgIpc) is 2.42. The van der Waals surface area contributed by atoms with Crippen LogP contribution < -0.4 is 15.4 Å². The summed E-state index contributed by atoms with van der Waals surface area (Å²) in [6, 6.07) is 4.26. The third-order valence-electron chi connectivity index (χ3n) is 5.45. The minimum atomic E-state index is -0.838. The van der Waals surface area contributed by atoms with E-state index in [4.69, 9.17) is 17.0 Å². The molecule has 2 aliphatic rings. The summed E-state index contributed by atoms with van der Waals surface area (Å²) < 4.78 is 6.50. The summed E-state index contributed by atoms with van der Waals surface area (Å²) in [4.78, 5) is 12.5. The van der Waals surface area contributed by atoms with Crippen LogP contribution in [0.4, 0.5) is 0 Å². The first-order valence-electron chi connectivity index (χ1n) is 9.21. The fourth-order valence-corrected chi connectivity index (χ4v) is 4.38. The molecular weight excluding hydrogens is 344 g/mol. The van der Waals surface area contributed by atoms with E-state index in [1.54, 1.807) is 6.92 Å². The van der Waals surface area contributed by atoms with Crippen LogP contribution in [0.5, 0.6) is 5.75 Å². The van der Waals surface area contributed by atoms with E-state index in [2.05, 4.69) is 64.3 Å². The van der Waals surface area contributed by atoms with Gasteiger partial charge in [-0.25, -0.2) is 0 Å². The number of Topliss-reactive ketones (excluding diaryl/α,β-unsaturated/α-hetero) is 1. The van der Waals surface area contributed by atoms with Crippen LogP contribution >= 0.6 is 12.2 Å². The highest BCUT2D eigenvalue weighted by atomic mass is 32.1. The molecule has 0 saturated carbocycles. The SMILES string of the molecule is CC(=O)C1C2NC(=S)NC1(C)Oc1c2cc(C(C)(C)C)cc1C(C)(C)C. The topological polar surface area (TPSA) is 50.4 Å². The Morgan fingerprint density at radius 1 is 1.15 bits per heavy atom. The Hall–Kier alpha value is -1.62. The van der Waals surface area contributed by atoms with Crippen molar-refractivity contribution in [3.05, 3.63) is 28.8 Å². The number of carbonyl (C=O) groups is 1. The van der Waals surface area contributed by atoms with Gasteiger partial charge < -0.3 is 15.4 Å². The van der Waals surface area contributed by atoms with Crippen molar-refractivity contribution in [2.24, 2.45) is 5.92 Å². The van der Waals surface area contributed by atoms with Gasteiger partial charge in [0.2, 0.25) is 0 Å². The molecule has 4 nitrogen and oxygen atoms in total. The number of ketones is 1. The second kappa shape index (κ2) is 5.69. The molecule has 0 radical (unpaired) electrons. The van der Waals surface area contributed by atoms with Gasteiger partial charge in [0.05, 0.1) is 6.04 Å². The zero-order valence-corrected chi connectivity index (χ0v) is 17.9. The van der Waals surface area contributed by atoms with Gasteiger partial charge in [-0.1, -0.05) is 47.6 Å². The third-order valence-corrected chi connectivity index (χ3v) is 5.67. The largest absolute Gasteiger partial charge is 0.467 e. The van der Waals surface area contributed by atoms with Crippen LogP contribution in [0.2, 0.25) is 0 Å². The van der Waals surface area contributed by atoms with Crippen molar-refractivity contribution in [1.82, 2.24) is 10.6 Å². The van der Waals surface area contributed by atoms with Gasteiger partial charge in [-0.3, -0.25) is 4.79 Å². The van der Waals surface area contributed by atoms with Gasteiger partial charge >= 0.3 is 0 Å². The smallest absolute Gasteiger partial charge is 0.191 e. The number of benzene rings is 1. The number of carbonyl (C=O) groups excluding carboxylic acids is 1. The predicted octanol–water partition coefficient (Wildman–Crippen LogP) is 4.11. The van der Waals surface area contributed by atoms with Gasteiger partial charge in [-0.15, -0.1) is 0 Å². The second-order valence-electron chi connectivity index (χ2n) is 9.82. The van der Waals surface area contributed by atoms with Gasteiger partial charge in [0.25, 0.3) is 0 Å². The van der Waals surface area contributed by atoms with Crippen molar-refractivity contribution in [3.8, 4) is 5.75 Å². The maximum Gasteiger partial charge on any atom is 0.191 e. The average molecular weight is 375 g/mol. The van der Waals surface area contributed by atoms with E-state index in [9.17, 15) is 4.79 Å². The van der Waals surface area contributed by atoms with Crippen molar-refractivity contribution in [3.63, 3.8) is 0 Å². The van der Waals surface area contributed by atoms with E-state index < -0.39 is 5.72 Å². The summed E-state index contributed by atoms with van der Waals surface area (Å²) in [6.45, 7) is 16.7. The molecule has 2 bridgehead atoms. The summed E-state index contributed by atoms with van der Waals surface area (Å²) in [6.07, 6.45) is 0. The number of nitrogens with one attached hydrogen (secondary N) is 2. The van der Waals surface area contributed by atoms with Crippen LogP contribution in [-0.2, 0) is 15.6 Å². The minimum absolute atomic E-state index is 0.00503. The summed E-state index contributed by atoms with van der Waals surface area (Å²) in [7, 11) is 0. The molecule has 1 fully saturated rings. The maximum atomic E-state index is 12.5.